The lowest BCUT2D eigenvalue weighted by Crippen LogP contribution is -2.24. The predicted molar refractivity (Wildman–Crippen MR) is 80.5 cm³/mol. The number of aromatic nitrogens is 1. The highest BCUT2D eigenvalue weighted by Gasteiger charge is 2.20. The lowest BCUT2D eigenvalue weighted by Gasteiger charge is -2.21. The first-order valence-electron chi connectivity index (χ1n) is 6.73. The highest BCUT2D eigenvalue weighted by atomic mass is 35.5. The Balaban J connectivity index is 2.47. The number of halogens is 2. The van der Waals surface area contributed by atoms with E-state index >= 15 is 0 Å². The molecule has 20 heavy (non-hydrogen) atoms. The average Bonchev–Trinajstić information content (AvgIpc) is 2.45. The zero-order valence-corrected chi connectivity index (χ0v) is 12.4. The minimum atomic E-state index is -0.321. The SMILES string of the molecule is CCCNC(c1ccncc1F)c1cccc(C)c1Cl. The van der Waals surface area contributed by atoms with Crippen molar-refractivity contribution in [3.63, 3.8) is 0 Å². The van der Waals surface area contributed by atoms with Gasteiger partial charge in [0.05, 0.1) is 12.2 Å². The first-order valence-corrected chi connectivity index (χ1v) is 7.10. The number of hydrogen-bond acceptors (Lipinski definition) is 2. The van der Waals surface area contributed by atoms with E-state index in [1.165, 1.54) is 6.20 Å². The Kier molecular flexibility index (Phi) is 5.10. The van der Waals surface area contributed by atoms with E-state index in [0.29, 0.717) is 10.6 Å². The van der Waals surface area contributed by atoms with E-state index in [1.54, 1.807) is 12.3 Å². The summed E-state index contributed by atoms with van der Waals surface area (Å²) in [5.74, 6) is -0.321. The second-order valence-corrected chi connectivity index (χ2v) is 5.14. The van der Waals surface area contributed by atoms with Crippen molar-refractivity contribution >= 4 is 11.6 Å². The van der Waals surface area contributed by atoms with E-state index in [0.717, 1.165) is 24.1 Å². The van der Waals surface area contributed by atoms with Gasteiger partial charge in [-0.1, -0.05) is 36.7 Å². The second-order valence-electron chi connectivity index (χ2n) is 4.76. The topological polar surface area (TPSA) is 24.9 Å². The first-order chi connectivity index (χ1) is 9.65. The molecule has 2 nitrogen and oxygen atoms in total. The van der Waals surface area contributed by atoms with Gasteiger partial charge in [-0.2, -0.15) is 0 Å². The van der Waals surface area contributed by atoms with E-state index in [9.17, 15) is 4.39 Å². The van der Waals surface area contributed by atoms with Crippen LogP contribution in [0.15, 0.2) is 36.7 Å². The lowest BCUT2D eigenvalue weighted by atomic mass is 9.97. The van der Waals surface area contributed by atoms with Crippen LogP contribution in [-0.2, 0) is 0 Å². The molecule has 0 radical (unpaired) electrons. The van der Waals surface area contributed by atoms with E-state index in [1.807, 2.05) is 25.1 Å². The van der Waals surface area contributed by atoms with Crippen LogP contribution in [0.1, 0.15) is 36.1 Å². The number of rotatable bonds is 5. The van der Waals surface area contributed by atoms with Crippen LogP contribution < -0.4 is 5.32 Å². The molecular weight excluding hydrogens is 275 g/mol. The van der Waals surface area contributed by atoms with Crippen LogP contribution in [0.4, 0.5) is 4.39 Å². The molecule has 0 saturated heterocycles. The summed E-state index contributed by atoms with van der Waals surface area (Å²) in [6.45, 7) is 4.81. The minimum Gasteiger partial charge on any atom is -0.306 e. The van der Waals surface area contributed by atoms with Crippen LogP contribution in [0.3, 0.4) is 0 Å². The zero-order valence-electron chi connectivity index (χ0n) is 11.7. The largest absolute Gasteiger partial charge is 0.306 e. The maximum atomic E-state index is 14.0. The molecule has 1 N–H and O–H groups in total. The van der Waals surface area contributed by atoms with Crippen LogP contribution in [0, 0.1) is 12.7 Å². The molecular formula is C16H18ClFN2. The molecule has 2 aromatic rings. The zero-order chi connectivity index (χ0) is 14.5. The van der Waals surface area contributed by atoms with Crippen molar-refractivity contribution in [3.8, 4) is 0 Å². The van der Waals surface area contributed by atoms with E-state index in [-0.39, 0.29) is 11.9 Å². The van der Waals surface area contributed by atoms with Crippen molar-refractivity contribution < 1.29 is 4.39 Å². The minimum absolute atomic E-state index is 0.259. The standard InChI is InChI=1S/C16H18ClFN2/c1-3-8-20-16(12-7-9-19-10-14(12)18)13-6-4-5-11(2)15(13)17/h4-7,9-10,16,20H,3,8H2,1-2H3. The Bertz CT molecular complexity index is 586. The molecule has 0 bridgehead atoms. The Morgan fingerprint density at radius 1 is 1.30 bits per heavy atom. The third kappa shape index (κ3) is 3.17. The Morgan fingerprint density at radius 3 is 2.80 bits per heavy atom. The molecule has 1 heterocycles. The average molecular weight is 293 g/mol. The van der Waals surface area contributed by atoms with Crippen LogP contribution in [-0.4, -0.2) is 11.5 Å². The van der Waals surface area contributed by atoms with E-state index in [2.05, 4.69) is 17.2 Å². The van der Waals surface area contributed by atoms with Gasteiger partial charge in [0.15, 0.2) is 0 Å². The summed E-state index contributed by atoms with van der Waals surface area (Å²) in [6.07, 6.45) is 3.80. The van der Waals surface area contributed by atoms with Crippen molar-refractivity contribution in [1.29, 1.82) is 0 Å². The molecule has 4 heteroatoms. The van der Waals surface area contributed by atoms with E-state index < -0.39 is 0 Å². The predicted octanol–water partition coefficient (Wildman–Crippen LogP) is 4.27. The molecule has 2 rings (SSSR count). The van der Waals surface area contributed by atoms with Gasteiger partial charge in [-0.05, 0) is 37.1 Å². The summed E-state index contributed by atoms with van der Waals surface area (Å²) >= 11 is 6.39. The van der Waals surface area contributed by atoms with Gasteiger partial charge in [-0.15, -0.1) is 0 Å². The van der Waals surface area contributed by atoms with Crippen LogP contribution in [0.2, 0.25) is 5.02 Å². The summed E-state index contributed by atoms with van der Waals surface area (Å²) in [5.41, 5.74) is 2.45. The van der Waals surface area contributed by atoms with Gasteiger partial charge in [0.2, 0.25) is 0 Å². The maximum absolute atomic E-state index is 14.0. The fourth-order valence-corrected chi connectivity index (χ4v) is 2.42. The van der Waals surface area contributed by atoms with Crippen molar-refractivity contribution in [2.75, 3.05) is 6.54 Å². The van der Waals surface area contributed by atoms with Gasteiger partial charge < -0.3 is 5.32 Å². The molecule has 1 aromatic carbocycles. The highest BCUT2D eigenvalue weighted by Crippen LogP contribution is 2.31. The van der Waals surface area contributed by atoms with Crippen molar-refractivity contribution in [2.45, 2.75) is 26.3 Å². The van der Waals surface area contributed by atoms with Crippen LogP contribution >= 0.6 is 11.6 Å². The van der Waals surface area contributed by atoms with Gasteiger partial charge in [-0.3, -0.25) is 4.98 Å². The van der Waals surface area contributed by atoms with Crippen molar-refractivity contribution in [3.05, 3.63) is 64.2 Å². The highest BCUT2D eigenvalue weighted by molar-refractivity contribution is 6.32. The van der Waals surface area contributed by atoms with Gasteiger partial charge in [0.25, 0.3) is 0 Å². The monoisotopic (exact) mass is 292 g/mol. The Hall–Kier alpha value is -1.45. The van der Waals surface area contributed by atoms with Gasteiger partial charge in [0, 0.05) is 16.8 Å². The smallest absolute Gasteiger partial charge is 0.146 e. The summed E-state index contributed by atoms with van der Waals surface area (Å²) in [7, 11) is 0. The molecule has 1 unspecified atom stereocenters. The lowest BCUT2D eigenvalue weighted by molar-refractivity contribution is 0.543. The summed E-state index contributed by atoms with van der Waals surface area (Å²) < 4.78 is 14.0. The van der Waals surface area contributed by atoms with Gasteiger partial charge >= 0.3 is 0 Å². The van der Waals surface area contributed by atoms with Crippen molar-refractivity contribution in [2.24, 2.45) is 0 Å². The molecule has 0 saturated carbocycles. The third-order valence-electron chi connectivity index (χ3n) is 3.25. The Morgan fingerprint density at radius 2 is 2.10 bits per heavy atom. The van der Waals surface area contributed by atoms with Gasteiger partial charge in [-0.25, -0.2) is 4.39 Å². The number of hydrogen-bond donors (Lipinski definition) is 1. The fourth-order valence-electron chi connectivity index (χ4n) is 2.19. The molecule has 1 atom stereocenters. The maximum Gasteiger partial charge on any atom is 0.146 e. The first kappa shape index (κ1) is 14.9. The number of benzene rings is 1. The van der Waals surface area contributed by atoms with E-state index in [4.69, 9.17) is 11.6 Å². The molecule has 0 aliphatic rings. The molecule has 1 aromatic heterocycles. The van der Waals surface area contributed by atoms with Crippen LogP contribution in [0.25, 0.3) is 0 Å². The molecule has 0 fully saturated rings. The molecule has 0 amide bonds. The quantitative estimate of drug-likeness (QED) is 0.890. The summed E-state index contributed by atoms with van der Waals surface area (Å²) in [6, 6.07) is 7.26. The molecule has 0 spiro atoms. The Labute approximate surface area is 124 Å². The van der Waals surface area contributed by atoms with Crippen molar-refractivity contribution in [1.82, 2.24) is 10.3 Å². The second kappa shape index (κ2) is 6.82. The molecule has 0 aliphatic carbocycles. The fraction of sp³-hybridized carbons (Fsp3) is 0.312. The number of pyridine rings is 1. The normalized spacial score (nSPS) is 12.4. The number of nitrogens with zero attached hydrogens (tertiary/aromatic N) is 1. The molecule has 0 aliphatic heterocycles. The summed E-state index contributed by atoms with van der Waals surface area (Å²) in [5, 5.41) is 4.04. The summed E-state index contributed by atoms with van der Waals surface area (Å²) in [4.78, 5) is 3.81. The number of nitrogens with one attached hydrogen (secondary N) is 1. The van der Waals surface area contributed by atoms with Gasteiger partial charge in [0.1, 0.15) is 5.82 Å². The third-order valence-corrected chi connectivity index (χ3v) is 3.76. The number of aryl methyl sites for hydroxylation is 1. The molecule has 106 valence electrons. The van der Waals surface area contributed by atoms with Crippen LogP contribution in [0.5, 0.6) is 0 Å².